The normalized spacial score (nSPS) is 22.7. The maximum atomic E-state index is 12.0. The zero-order chi connectivity index (χ0) is 12.4. The summed E-state index contributed by atoms with van der Waals surface area (Å²) in [6, 6.07) is 0.196. The van der Waals surface area contributed by atoms with E-state index in [1.807, 2.05) is 12.4 Å². The summed E-state index contributed by atoms with van der Waals surface area (Å²) in [7, 11) is 0. The minimum atomic E-state index is 0.0169. The van der Waals surface area contributed by atoms with Gasteiger partial charge in [-0.05, 0) is 19.3 Å². The van der Waals surface area contributed by atoms with E-state index in [-0.39, 0.29) is 11.9 Å². The minimum absolute atomic E-state index is 0.0169. The van der Waals surface area contributed by atoms with Crippen molar-refractivity contribution >= 4 is 5.91 Å². The Hall–Kier alpha value is -1.78. The summed E-state index contributed by atoms with van der Waals surface area (Å²) in [4.78, 5) is 16.3. The quantitative estimate of drug-likeness (QED) is 0.848. The molecule has 1 amide bonds. The molecule has 0 radical (unpaired) electrons. The molecule has 5 heteroatoms. The van der Waals surface area contributed by atoms with Crippen molar-refractivity contribution < 1.29 is 9.53 Å². The Morgan fingerprint density at radius 1 is 1.50 bits per heavy atom. The van der Waals surface area contributed by atoms with Crippen LogP contribution in [0.4, 0.5) is 0 Å². The predicted molar refractivity (Wildman–Crippen MR) is 65.7 cm³/mol. The van der Waals surface area contributed by atoms with Gasteiger partial charge in [0.05, 0.1) is 18.4 Å². The molecule has 5 nitrogen and oxygen atoms in total. The predicted octanol–water partition coefficient (Wildman–Crippen LogP) is 1.01. The first-order chi connectivity index (χ1) is 8.83. The highest BCUT2D eigenvalue weighted by Crippen LogP contribution is 2.15. The number of carbonyl (C=O) groups excluding carboxylic acids is 1. The number of aryl methyl sites for hydroxylation is 1. The largest absolute Gasteiger partial charge is 0.501 e. The van der Waals surface area contributed by atoms with Crippen LogP contribution in [0.2, 0.25) is 0 Å². The van der Waals surface area contributed by atoms with Gasteiger partial charge in [0, 0.05) is 31.4 Å². The van der Waals surface area contributed by atoms with Crippen molar-refractivity contribution in [1.29, 1.82) is 0 Å². The summed E-state index contributed by atoms with van der Waals surface area (Å²) in [6.45, 7) is 1.54. The van der Waals surface area contributed by atoms with Crippen molar-refractivity contribution in [2.45, 2.75) is 38.3 Å². The van der Waals surface area contributed by atoms with E-state index in [9.17, 15) is 4.79 Å². The van der Waals surface area contributed by atoms with E-state index in [0.29, 0.717) is 0 Å². The number of ether oxygens (including phenoxy) is 1. The van der Waals surface area contributed by atoms with Crippen molar-refractivity contribution in [3.63, 3.8) is 0 Å². The van der Waals surface area contributed by atoms with Gasteiger partial charge < -0.3 is 14.6 Å². The van der Waals surface area contributed by atoms with Crippen LogP contribution in [-0.2, 0) is 22.5 Å². The molecular formula is C13H17N3O2. The van der Waals surface area contributed by atoms with Gasteiger partial charge in [0.1, 0.15) is 5.82 Å². The molecule has 1 aromatic rings. The molecule has 0 fully saturated rings. The molecule has 0 aromatic carbocycles. The van der Waals surface area contributed by atoms with Crippen molar-refractivity contribution in [3.05, 3.63) is 30.1 Å². The molecule has 1 aromatic heterocycles. The zero-order valence-electron chi connectivity index (χ0n) is 10.3. The van der Waals surface area contributed by atoms with Gasteiger partial charge >= 0.3 is 0 Å². The van der Waals surface area contributed by atoms with Crippen LogP contribution in [-0.4, -0.2) is 28.1 Å². The zero-order valence-corrected chi connectivity index (χ0v) is 10.3. The first-order valence-corrected chi connectivity index (χ1v) is 6.44. The molecule has 0 saturated heterocycles. The maximum absolute atomic E-state index is 12.0. The van der Waals surface area contributed by atoms with Gasteiger partial charge in [0.2, 0.25) is 0 Å². The molecule has 2 aliphatic rings. The highest BCUT2D eigenvalue weighted by Gasteiger charge is 2.22. The fraction of sp³-hybridized carbons (Fsp3) is 0.538. The molecule has 1 atom stereocenters. The molecule has 0 saturated carbocycles. The Morgan fingerprint density at radius 3 is 3.28 bits per heavy atom. The monoisotopic (exact) mass is 247 g/mol. The summed E-state index contributed by atoms with van der Waals surface area (Å²) < 4.78 is 7.31. The Bertz CT molecular complexity index is 478. The number of rotatable bonds is 2. The molecule has 0 aliphatic carbocycles. The summed E-state index contributed by atoms with van der Waals surface area (Å²) in [5.74, 6) is 1.13. The Kier molecular flexibility index (Phi) is 3.04. The van der Waals surface area contributed by atoms with E-state index in [1.165, 1.54) is 0 Å². The number of nitrogens with zero attached hydrogens (tertiary/aromatic N) is 2. The second-order valence-electron chi connectivity index (χ2n) is 4.82. The summed E-state index contributed by atoms with van der Waals surface area (Å²) >= 11 is 0. The fourth-order valence-electron chi connectivity index (χ4n) is 2.49. The summed E-state index contributed by atoms with van der Waals surface area (Å²) in [5.41, 5.74) is 0.762. The standard InChI is InChI=1S/C13H17N3O2/c17-13(10-2-1-7-18-9-10)15-11-3-4-12-14-5-6-16(12)8-11/h5-6,9,11H,1-4,7-8H2,(H,15,17)/t11-/m1/s1. The average Bonchev–Trinajstić information content (AvgIpc) is 2.87. The van der Waals surface area contributed by atoms with E-state index in [0.717, 1.165) is 50.2 Å². The van der Waals surface area contributed by atoms with E-state index in [2.05, 4.69) is 14.9 Å². The van der Waals surface area contributed by atoms with E-state index in [4.69, 9.17) is 4.74 Å². The first kappa shape index (κ1) is 11.3. The highest BCUT2D eigenvalue weighted by atomic mass is 16.5. The number of carbonyl (C=O) groups is 1. The van der Waals surface area contributed by atoms with Gasteiger partial charge in [0.25, 0.3) is 5.91 Å². The minimum Gasteiger partial charge on any atom is -0.501 e. The van der Waals surface area contributed by atoms with Crippen LogP contribution >= 0.6 is 0 Å². The van der Waals surface area contributed by atoms with Crippen molar-refractivity contribution in [2.24, 2.45) is 0 Å². The fourth-order valence-corrected chi connectivity index (χ4v) is 2.49. The molecule has 96 valence electrons. The second-order valence-corrected chi connectivity index (χ2v) is 4.82. The number of aromatic nitrogens is 2. The molecular weight excluding hydrogens is 230 g/mol. The smallest absolute Gasteiger partial charge is 0.250 e. The van der Waals surface area contributed by atoms with Crippen LogP contribution in [0.25, 0.3) is 0 Å². The Morgan fingerprint density at radius 2 is 2.44 bits per heavy atom. The highest BCUT2D eigenvalue weighted by molar-refractivity contribution is 5.93. The summed E-state index contributed by atoms with van der Waals surface area (Å²) in [5, 5.41) is 3.08. The number of hydrogen-bond donors (Lipinski definition) is 1. The summed E-state index contributed by atoms with van der Waals surface area (Å²) in [6.07, 6.45) is 9.01. The molecule has 0 bridgehead atoms. The average molecular weight is 247 g/mol. The molecule has 2 aliphatic heterocycles. The van der Waals surface area contributed by atoms with E-state index >= 15 is 0 Å². The number of fused-ring (bicyclic) bond motifs is 1. The topological polar surface area (TPSA) is 56.2 Å². The Labute approximate surface area is 106 Å². The lowest BCUT2D eigenvalue weighted by Gasteiger charge is -2.25. The van der Waals surface area contributed by atoms with Crippen molar-refractivity contribution in [3.8, 4) is 0 Å². The number of imidazole rings is 1. The van der Waals surface area contributed by atoms with Crippen molar-refractivity contribution in [2.75, 3.05) is 6.61 Å². The number of amides is 1. The maximum Gasteiger partial charge on any atom is 0.250 e. The molecule has 1 N–H and O–H groups in total. The Balaban J connectivity index is 1.61. The van der Waals surface area contributed by atoms with Gasteiger partial charge in [0.15, 0.2) is 0 Å². The lowest BCUT2D eigenvalue weighted by molar-refractivity contribution is -0.118. The molecule has 18 heavy (non-hydrogen) atoms. The SMILES string of the molecule is O=C(N[C@@H]1CCc2nccn2C1)C1=COCCC1. The van der Waals surface area contributed by atoms with Gasteiger partial charge in [-0.1, -0.05) is 0 Å². The van der Waals surface area contributed by atoms with Crippen LogP contribution in [0.15, 0.2) is 24.2 Å². The molecule has 3 rings (SSSR count). The van der Waals surface area contributed by atoms with Crippen LogP contribution in [0.3, 0.4) is 0 Å². The molecule has 0 spiro atoms. The lowest BCUT2D eigenvalue weighted by atomic mass is 10.1. The third-order valence-corrected chi connectivity index (χ3v) is 3.50. The van der Waals surface area contributed by atoms with Gasteiger partial charge in [-0.3, -0.25) is 4.79 Å². The number of nitrogens with one attached hydrogen (secondary N) is 1. The number of hydrogen-bond acceptors (Lipinski definition) is 3. The van der Waals surface area contributed by atoms with Gasteiger partial charge in [-0.2, -0.15) is 0 Å². The van der Waals surface area contributed by atoms with Crippen molar-refractivity contribution in [1.82, 2.24) is 14.9 Å². The van der Waals surface area contributed by atoms with Gasteiger partial charge in [-0.15, -0.1) is 0 Å². The van der Waals surface area contributed by atoms with E-state index < -0.39 is 0 Å². The van der Waals surface area contributed by atoms with E-state index in [1.54, 1.807) is 6.26 Å². The lowest BCUT2D eigenvalue weighted by Crippen LogP contribution is -2.41. The van der Waals surface area contributed by atoms with Gasteiger partial charge in [-0.25, -0.2) is 4.98 Å². The van der Waals surface area contributed by atoms with Crippen LogP contribution in [0.5, 0.6) is 0 Å². The van der Waals surface area contributed by atoms with Crippen LogP contribution < -0.4 is 5.32 Å². The second kappa shape index (κ2) is 4.84. The van der Waals surface area contributed by atoms with Crippen LogP contribution in [0.1, 0.15) is 25.1 Å². The molecule has 3 heterocycles. The molecule has 0 unspecified atom stereocenters. The first-order valence-electron chi connectivity index (χ1n) is 6.44. The third-order valence-electron chi connectivity index (χ3n) is 3.50. The third kappa shape index (κ3) is 2.25. The van der Waals surface area contributed by atoms with Crippen LogP contribution in [0, 0.1) is 0 Å².